The molecule has 1 aromatic carbocycles. The van der Waals surface area contributed by atoms with E-state index in [1.165, 1.54) is 12.1 Å². The van der Waals surface area contributed by atoms with E-state index < -0.39 is 5.97 Å². The highest BCUT2D eigenvalue weighted by Gasteiger charge is 2.08. The van der Waals surface area contributed by atoms with Crippen LogP contribution in [0.2, 0.25) is 0 Å². The van der Waals surface area contributed by atoms with E-state index in [0.29, 0.717) is 12.1 Å². The van der Waals surface area contributed by atoms with Crippen LogP contribution in [0.3, 0.4) is 0 Å². The molecule has 1 atom stereocenters. The molecule has 0 aliphatic carbocycles. The lowest BCUT2D eigenvalue weighted by molar-refractivity contribution is -0.137. The predicted molar refractivity (Wildman–Crippen MR) is 64.1 cm³/mol. The molecule has 2 N–H and O–H groups in total. The molecule has 0 heterocycles. The van der Waals surface area contributed by atoms with Crippen LogP contribution in [0, 0.1) is 5.82 Å². The number of benzene rings is 1. The Kier molecular flexibility index (Phi) is 4.73. The molecule has 0 fully saturated rings. The van der Waals surface area contributed by atoms with E-state index in [4.69, 9.17) is 5.11 Å². The fraction of sp³-hybridized carbons (Fsp3) is 0.364. The van der Waals surface area contributed by atoms with Crippen LogP contribution in [0.15, 0.2) is 22.7 Å². The molecule has 16 heavy (non-hydrogen) atoms. The van der Waals surface area contributed by atoms with Gasteiger partial charge >= 0.3 is 5.97 Å². The molecule has 0 aliphatic rings. The number of anilines is 1. The van der Waals surface area contributed by atoms with E-state index in [2.05, 4.69) is 21.2 Å². The summed E-state index contributed by atoms with van der Waals surface area (Å²) in [7, 11) is 0. The van der Waals surface area contributed by atoms with Gasteiger partial charge in [-0.05, 0) is 47.5 Å². The fourth-order valence-electron chi connectivity index (χ4n) is 1.29. The van der Waals surface area contributed by atoms with E-state index in [1.807, 2.05) is 6.92 Å². The Balaban J connectivity index is 2.58. The van der Waals surface area contributed by atoms with E-state index >= 15 is 0 Å². The third-order valence-electron chi connectivity index (χ3n) is 2.12. The van der Waals surface area contributed by atoms with Gasteiger partial charge in [-0.2, -0.15) is 0 Å². The summed E-state index contributed by atoms with van der Waals surface area (Å²) in [6, 6.07) is 4.33. The van der Waals surface area contributed by atoms with Crippen molar-refractivity contribution >= 4 is 27.6 Å². The van der Waals surface area contributed by atoms with Crippen molar-refractivity contribution < 1.29 is 14.3 Å². The minimum atomic E-state index is -0.827. The number of hydrogen-bond acceptors (Lipinski definition) is 2. The van der Waals surface area contributed by atoms with Crippen molar-refractivity contribution in [2.45, 2.75) is 25.8 Å². The Bertz CT molecular complexity index is 384. The number of carboxylic acids is 1. The first-order valence-corrected chi connectivity index (χ1v) is 5.71. The van der Waals surface area contributed by atoms with Crippen LogP contribution in [0.25, 0.3) is 0 Å². The second-order valence-corrected chi connectivity index (χ2v) is 4.46. The van der Waals surface area contributed by atoms with Gasteiger partial charge in [0.05, 0.1) is 5.69 Å². The van der Waals surface area contributed by atoms with E-state index in [0.717, 1.165) is 4.47 Å². The minimum absolute atomic E-state index is 0.0193. The van der Waals surface area contributed by atoms with Gasteiger partial charge in [0, 0.05) is 16.9 Å². The van der Waals surface area contributed by atoms with Crippen molar-refractivity contribution in [3.05, 3.63) is 28.5 Å². The number of rotatable bonds is 5. The van der Waals surface area contributed by atoms with Gasteiger partial charge in [-0.25, -0.2) is 4.39 Å². The van der Waals surface area contributed by atoms with Crippen molar-refractivity contribution in [1.82, 2.24) is 0 Å². The van der Waals surface area contributed by atoms with E-state index in [9.17, 15) is 9.18 Å². The second kappa shape index (κ2) is 5.84. The molecule has 1 aromatic rings. The zero-order valence-electron chi connectivity index (χ0n) is 8.84. The maximum atomic E-state index is 13.0. The predicted octanol–water partition coefficient (Wildman–Crippen LogP) is 3.25. The third kappa shape index (κ3) is 4.18. The van der Waals surface area contributed by atoms with Crippen LogP contribution in [0.4, 0.5) is 10.1 Å². The monoisotopic (exact) mass is 289 g/mol. The number of hydrogen-bond donors (Lipinski definition) is 2. The average Bonchev–Trinajstić information content (AvgIpc) is 2.20. The Hall–Kier alpha value is -1.10. The first-order chi connectivity index (χ1) is 7.49. The van der Waals surface area contributed by atoms with Gasteiger partial charge in [0.15, 0.2) is 0 Å². The number of nitrogens with one attached hydrogen (secondary N) is 1. The molecule has 0 bridgehead atoms. The average molecular weight is 290 g/mol. The standard InChI is InChI=1S/C11H13BrFNO2/c1-7(2-5-11(15)16)14-10-6-8(13)3-4-9(10)12/h3-4,6-7,14H,2,5H2,1H3,(H,15,16). The first-order valence-electron chi connectivity index (χ1n) is 4.92. The van der Waals surface area contributed by atoms with Crippen LogP contribution in [0.5, 0.6) is 0 Å². The van der Waals surface area contributed by atoms with Gasteiger partial charge < -0.3 is 10.4 Å². The van der Waals surface area contributed by atoms with Crippen LogP contribution in [0.1, 0.15) is 19.8 Å². The van der Waals surface area contributed by atoms with Gasteiger partial charge in [-0.3, -0.25) is 4.79 Å². The molecule has 88 valence electrons. The van der Waals surface area contributed by atoms with Gasteiger partial charge in [-0.1, -0.05) is 0 Å². The fourth-order valence-corrected chi connectivity index (χ4v) is 1.65. The largest absolute Gasteiger partial charge is 0.481 e. The van der Waals surface area contributed by atoms with Crippen LogP contribution >= 0.6 is 15.9 Å². The lowest BCUT2D eigenvalue weighted by atomic mass is 10.1. The maximum Gasteiger partial charge on any atom is 0.303 e. The molecule has 1 rings (SSSR count). The first kappa shape index (κ1) is 13.0. The Labute approximate surface area is 102 Å². The van der Waals surface area contributed by atoms with Gasteiger partial charge in [0.2, 0.25) is 0 Å². The molecule has 0 saturated carbocycles. The number of halogens is 2. The number of aliphatic carboxylic acids is 1. The Morgan fingerprint density at radius 3 is 2.94 bits per heavy atom. The molecule has 3 nitrogen and oxygen atoms in total. The quantitative estimate of drug-likeness (QED) is 0.875. The summed E-state index contributed by atoms with van der Waals surface area (Å²) in [5.74, 6) is -1.15. The third-order valence-corrected chi connectivity index (χ3v) is 2.81. The molecule has 0 radical (unpaired) electrons. The summed E-state index contributed by atoms with van der Waals surface area (Å²) >= 11 is 3.29. The molecular formula is C11H13BrFNO2. The minimum Gasteiger partial charge on any atom is -0.481 e. The van der Waals surface area contributed by atoms with Gasteiger partial charge in [0.25, 0.3) is 0 Å². The highest BCUT2D eigenvalue weighted by Crippen LogP contribution is 2.24. The van der Waals surface area contributed by atoms with Crippen LogP contribution in [-0.4, -0.2) is 17.1 Å². The van der Waals surface area contributed by atoms with Crippen molar-refractivity contribution in [3.63, 3.8) is 0 Å². The lowest BCUT2D eigenvalue weighted by Crippen LogP contribution is -2.17. The molecule has 0 amide bonds. The molecule has 1 unspecified atom stereocenters. The summed E-state index contributed by atoms with van der Waals surface area (Å²) < 4.78 is 13.7. The SMILES string of the molecule is CC(CCC(=O)O)Nc1cc(F)ccc1Br. The van der Waals surface area contributed by atoms with E-state index in [-0.39, 0.29) is 18.3 Å². The molecular weight excluding hydrogens is 277 g/mol. The summed E-state index contributed by atoms with van der Waals surface area (Å²) in [5.41, 5.74) is 0.637. The maximum absolute atomic E-state index is 13.0. The smallest absolute Gasteiger partial charge is 0.303 e. The summed E-state index contributed by atoms with van der Waals surface area (Å²) in [6.07, 6.45) is 0.597. The molecule has 0 spiro atoms. The number of carbonyl (C=O) groups is 1. The topological polar surface area (TPSA) is 49.3 Å². The Morgan fingerprint density at radius 1 is 1.62 bits per heavy atom. The number of carboxylic acid groups (broad SMARTS) is 1. The van der Waals surface area contributed by atoms with Gasteiger partial charge in [-0.15, -0.1) is 0 Å². The molecule has 0 aliphatic heterocycles. The zero-order valence-corrected chi connectivity index (χ0v) is 10.4. The van der Waals surface area contributed by atoms with Crippen molar-refractivity contribution in [2.24, 2.45) is 0 Å². The van der Waals surface area contributed by atoms with Crippen molar-refractivity contribution in [3.8, 4) is 0 Å². The van der Waals surface area contributed by atoms with E-state index in [1.54, 1.807) is 6.07 Å². The van der Waals surface area contributed by atoms with Crippen molar-refractivity contribution in [1.29, 1.82) is 0 Å². The molecule has 0 saturated heterocycles. The summed E-state index contributed by atoms with van der Waals surface area (Å²) in [4.78, 5) is 10.4. The summed E-state index contributed by atoms with van der Waals surface area (Å²) in [5, 5.41) is 11.6. The highest BCUT2D eigenvalue weighted by molar-refractivity contribution is 9.10. The van der Waals surface area contributed by atoms with Crippen LogP contribution < -0.4 is 5.32 Å². The summed E-state index contributed by atoms with van der Waals surface area (Å²) in [6.45, 7) is 1.86. The Morgan fingerprint density at radius 2 is 2.31 bits per heavy atom. The lowest BCUT2D eigenvalue weighted by Gasteiger charge is -2.15. The zero-order chi connectivity index (χ0) is 12.1. The van der Waals surface area contributed by atoms with Crippen molar-refractivity contribution in [2.75, 3.05) is 5.32 Å². The normalized spacial score (nSPS) is 12.2. The molecule has 0 aromatic heterocycles. The molecule has 5 heteroatoms. The van der Waals surface area contributed by atoms with Crippen LogP contribution in [-0.2, 0) is 4.79 Å². The van der Waals surface area contributed by atoms with Gasteiger partial charge in [0.1, 0.15) is 5.82 Å². The second-order valence-electron chi connectivity index (χ2n) is 3.60. The highest BCUT2D eigenvalue weighted by atomic mass is 79.9.